The number of hydrogen-bond acceptors (Lipinski definition) is 4. The van der Waals surface area contributed by atoms with Crippen molar-refractivity contribution >= 4 is 34.7 Å². The van der Waals surface area contributed by atoms with E-state index in [1.54, 1.807) is 24.3 Å². The summed E-state index contributed by atoms with van der Waals surface area (Å²) in [7, 11) is 1.95. The van der Waals surface area contributed by atoms with Crippen LogP contribution >= 0.6 is 11.8 Å². The summed E-state index contributed by atoms with van der Waals surface area (Å²) in [5.74, 6) is 0.158. The van der Waals surface area contributed by atoms with Gasteiger partial charge in [0.25, 0.3) is 0 Å². The van der Waals surface area contributed by atoms with Gasteiger partial charge in [-0.2, -0.15) is 0 Å². The number of rotatable bonds is 4. The van der Waals surface area contributed by atoms with Gasteiger partial charge in [0.05, 0.1) is 17.8 Å². The third-order valence-electron chi connectivity index (χ3n) is 4.34. The smallest absolute Gasteiger partial charge is 0.335 e. The summed E-state index contributed by atoms with van der Waals surface area (Å²) in [6.45, 7) is 0.698. The normalized spacial score (nSPS) is 16.7. The molecule has 0 aliphatic carbocycles. The molecule has 7 heteroatoms. The van der Waals surface area contributed by atoms with Crippen molar-refractivity contribution in [3.8, 4) is 11.3 Å². The lowest BCUT2D eigenvalue weighted by Crippen LogP contribution is -2.17. The van der Waals surface area contributed by atoms with Crippen LogP contribution < -0.4 is 0 Å². The SMILES string of the molecule is CN1C/C(=C/c2ccc(-c3ccc(F)cc3)o2)SC1=Nc1ccc(C(=O)O)cc1. The third-order valence-corrected chi connectivity index (χ3v) is 5.43. The lowest BCUT2D eigenvalue weighted by molar-refractivity contribution is 0.0697. The Morgan fingerprint density at radius 3 is 2.55 bits per heavy atom. The van der Waals surface area contributed by atoms with Gasteiger partial charge in [-0.15, -0.1) is 0 Å². The molecule has 1 aliphatic rings. The number of likely N-dealkylation sites (N-methyl/N-ethyl adjacent to an activating group) is 1. The van der Waals surface area contributed by atoms with Gasteiger partial charge >= 0.3 is 5.97 Å². The molecule has 0 bridgehead atoms. The van der Waals surface area contributed by atoms with Crippen molar-refractivity contribution < 1.29 is 18.7 Å². The zero-order valence-electron chi connectivity index (χ0n) is 15.5. The quantitative estimate of drug-likeness (QED) is 0.618. The Balaban J connectivity index is 1.50. The van der Waals surface area contributed by atoms with E-state index < -0.39 is 5.97 Å². The lowest BCUT2D eigenvalue weighted by Gasteiger charge is -2.08. The zero-order valence-corrected chi connectivity index (χ0v) is 16.3. The highest BCUT2D eigenvalue weighted by Crippen LogP contribution is 2.33. The summed E-state index contributed by atoms with van der Waals surface area (Å²) >= 11 is 1.54. The van der Waals surface area contributed by atoms with Crippen LogP contribution in [0, 0.1) is 5.82 Å². The van der Waals surface area contributed by atoms with Gasteiger partial charge in [-0.1, -0.05) is 11.8 Å². The topological polar surface area (TPSA) is 66.0 Å². The van der Waals surface area contributed by atoms with Crippen LogP contribution in [0.4, 0.5) is 10.1 Å². The Hall–Kier alpha value is -3.32. The summed E-state index contributed by atoms with van der Waals surface area (Å²) in [6, 6.07) is 16.4. The van der Waals surface area contributed by atoms with Crippen LogP contribution in [0.2, 0.25) is 0 Å². The first-order valence-electron chi connectivity index (χ1n) is 8.85. The average Bonchev–Trinajstić information content (AvgIpc) is 3.30. The summed E-state index contributed by atoms with van der Waals surface area (Å²) in [5, 5.41) is 9.81. The van der Waals surface area contributed by atoms with Crippen molar-refractivity contribution in [2.24, 2.45) is 4.99 Å². The molecule has 0 unspecified atom stereocenters. The number of nitrogens with zero attached hydrogens (tertiary/aromatic N) is 2. The first-order chi connectivity index (χ1) is 14.0. The second-order valence-corrected chi connectivity index (χ2v) is 7.62. The van der Waals surface area contributed by atoms with Crippen molar-refractivity contribution in [2.75, 3.05) is 13.6 Å². The van der Waals surface area contributed by atoms with Gasteiger partial charge in [-0.3, -0.25) is 0 Å². The van der Waals surface area contributed by atoms with Crippen LogP contribution in [-0.2, 0) is 0 Å². The van der Waals surface area contributed by atoms with E-state index in [0.29, 0.717) is 23.8 Å². The van der Waals surface area contributed by atoms with Crippen molar-refractivity contribution in [1.82, 2.24) is 4.90 Å². The number of hydrogen-bond donors (Lipinski definition) is 1. The Kier molecular flexibility index (Phi) is 5.22. The Labute approximate surface area is 171 Å². The first kappa shape index (κ1) is 19.0. The number of benzene rings is 2. The highest BCUT2D eigenvalue weighted by molar-refractivity contribution is 8.17. The van der Waals surface area contributed by atoms with Crippen LogP contribution in [0.25, 0.3) is 17.4 Å². The number of furan rings is 1. The molecule has 1 aromatic heterocycles. The number of aromatic carboxylic acids is 1. The molecule has 1 fully saturated rings. The fourth-order valence-corrected chi connectivity index (χ4v) is 3.90. The van der Waals surface area contributed by atoms with E-state index in [2.05, 4.69) is 4.99 Å². The second kappa shape index (κ2) is 7.97. The number of thioether (sulfide) groups is 1. The minimum absolute atomic E-state index is 0.233. The van der Waals surface area contributed by atoms with Crippen LogP contribution in [-0.4, -0.2) is 34.7 Å². The monoisotopic (exact) mass is 408 g/mol. The number of amidine groups is 1. The Morgan fingerprint density at radius 2 is 1.86 bits per heavy atom. The summed E-state index contributed by atoms with van der Waals surface area (Å²) in [6.07, 6.45) is 1.96. The predicted octanol–water partition coefficient (Wildman–Crippen LogP) is 5.49. The van der Waals surface area contributed by atoms with E-state index in [1.807, 2.05) is 30.2 Å². The van der Waals surface area contributed by atoms with E-state index in [1.165, 1.54) is 36.0 Å². The highest BCUT2D eigenvalue weighted by atomic mass is 32.2. The molecule has 1 N–H and O–H groups in total. The molecule has 29 heavy (non-hydrogen) atoms. The van der Waals surface area contributed by atoms with Gasteiger partial charge in [0.2, 0.25) is 0 Å². The molecule has 3 aromatic rings. The van der Waals surface area contributed by atoms with Crippen LogP contribution in [0.15, 0.2) is 75.0 Å². The molecular formula is C22H17FN2O3S. The fraction of sp³-hybridized carbons (Fsp3) is 0.0909. The van der Waals surface area contributed by atoms with Crippen molar-refractivity contribution in [2.45, 2.75) is 0 Å². The van der Waals surface area contributed by atoms with Gasteiger partial charge in [0.15, 0.2) is 5.17 Å². The summed E-state index contributed by atoms with van der Waals surface area (Å²) in [5.41, 5.74) is 1.75. The molecule has 0 saturated carbocycles. The largest absolute Gasteiger partial charge is 0.478 e. The molecule has 0 radical (unpaired) electrons. The first-order valence-corrected chi connectivity index (χ1v) is 9.67. The predicted molar refractivity (Wildman–Crippen MR) is 113 cm³/mol. The number of carboxylic acids is 1. The van der Waals surface area contributed by atoms with E-state index in [-0.39, 0.29) is 11.4 Å². The molecule has 2 aromatic carbocycles. The second-order valence-electron chi connectivity index (χ2n) is 6.52. The summed E-state index contributed by atoms with van der Waals surface area (Å²) < 4.78 is 18.9. The molecule has 0 amide bonds. The maximum atomic E-state index is 13.1. The van der Waals surface area contributed by atoms with Crippen LogP contribution in [0.5, 0.6) is 0 Å². The Morgan fingerprint density at radius 1 is 1.14 bits per heavy atom. The van der Waals surface area contributed by atoms with Gasteiger partial charge in [0.1, 0.15) is 17.3 Å². The third kappa shape index (κ3) is 4.41. The number of halogens is 1. The van der Waals surface area contributed by atoms with E-state index in [9.17, 15) is 9.18 Å². The minimum atomic E-state index is -0.958. The molecule has 1 aliphatic heterocycles. The van der Waals surface area contributed by atoms with Gasteiger partial charge in [0, 0.05) is 17.5 Å². The Bertz CT molecular complexity index is 1100. The van der Waals surface area contributed by atoms with Crippen LogP contribution in [0.3, 0.4) is 0 Å². The molecular weight excluding hydrogens is 391 g/mol. The maximum absolute atomic E-state index is 13.1. The molecule has 0 spiro atoms. The van der Waals surface area contributed by atoms with E-state index >= 15 is 0 Å². The van der Waals surface area contributed by atoms with Crippen molar-refractivity contribution in [3.05, 3.63) is 82.7 Å². The molecule has 5 nitrogen and oxygen atoms in total. The highest BCUT2D eigenvalue weighted by Gasteiger charge is 2.21. The van der Waals surface area contributed by atoms with Gasteiger partial charge in [-0.25, -0.2) is 14.2 Å². The molecule has 4 rings (SSSR count). The zero-order chi connectivity index (χ0) is 20.4. The van der Waals surface area contributed by atoms with Gasteiger partial charge in [-0.05, 0) is 66.7 Å². The minimum Gasteiger partial charge on any atom is -0.478 e. The number of carboxylic acid groups (broad SMARTS) is 1. The molecule has 146 valence electrons. The molecule has 2 heterocycles. The fourth-order valence-electron chi connectivity index (χ4n) is 2.86. The number of carbonyl (C=O) groups is 1. The van der Waals surface area contributed by atoms with Gasteiger partial charge < -0.3 is 14.4 Å². The van der Waals surface area contributed by atoms with E-state index in [4.69, 9.17) is 9.52 Å². The maximum Gasteiger partial charge on any atom is 0.335 e. The summed E-state index contributed by atoms with van der Waals surface area (Å²) in [4.78, 5) is 18.6. The molecule has 1 saturated heterocycles. The van der Waals surface area contributed by atoms with Crippen LogP contribution in [0.1, 0.15) is 16.1 Å². The standard InChI is InChI=1S/C22H17FN2O3S/c1-25-13-19(29-22(25)24-17-8-4-15(5-9-17)21(26)27)12-18-10-11-20(28-18)14-2-6-16(23)7-3-14/h2-12H,13H2,1H3,(H,26,27)/b19-12-,24-22?. The number of aliphatic imine (C=N–C) groups is 1. The molecule has 0 atom stereocenters. The average molecular weight is 408 g/mol. The van der Waals surface area contributed by atoms with Crippen molar-refractivity contribution in [1.29, 1.82) is 0 Å². The lowest BCUT2D eigenvalue weighted by atomic mass is 10.2. The van der Waals surface area contributed by atoms with Crippen molar-refractivity contribution in [3.63, 3.8) is 0 Å². The van der Waals surface area contributed by atoms with E-state index in [0.717, 1.165) is 15.6 Å².